The SMILES string of the molecule is COc1cc(N2CC[C@@H](c3ccc(-c4cc(C5=CCCN(C(=O)CCn6cccn6)C5)c(F)c5[nH]c(C(=O)N(C)C)cc45)c(C)c3)C(F)(F)C2)c(F)cc1NC1CCC(=O)NC1=O. The Kier molecular flexibility index (Phi) is 11.8. The third-order valence-corrected chi connectivity index (χ3v) is 12.2. The summed E-state index contributed by atoms with van der Waals surface area (Å²) in [5.41, 5.74) is 3.51. The first kappa shape index (κ1) is 43.0. The molecule has 0 spiro atoms. The van der Waals surface area contributed by atoms with E-state index in [2.05, 4.69) is 20.7 Å². The number of aromatic nitrogens is 3. The zero-order chi connectivity index (χ0) is 44.7. The van der Waals surface area contributed by atoms with E-state index in [9.17, 15) is 19.2 Å². The van der Waals surface area contributed by atoms with Gasteiger partial charge in [-0.1, -0.05) is 24.3 Å². The standard InChI is InChI=1S/C46H48F4N8O5/c1-26-19-27(33-12-17-57(25-46(33,49)50)38-23-39(63-4)36(22-34(38)47)52-35-10-11-40(59)54-44(35)61)8-9-29(26)31-20-30(42(48)43-32(31)21-37(53-43)45(62)55(2)3)28-7-5-15-56(24-28)41(60)13-18-58-16-6-14-51-58/h6-9,14,16,19-23,33,35,52-53H,5,10-13,15,17-18,24-25H2,1-4H3,(H,54,59,61)/t33-,35?/m0/s1. The molecule has 5 aromatic rings. The third-order valence-electron chi connectivity index (χ3n) is 12.2. The summed E-state index contributed by atoms with van der Waals surface area (Å²) in [6.07, 6.45) is 6.39. The summed E-state index contributed by atoms with van der Waals surface area (Å²) in [7, 11) is 4.54. The number of hydrogen-bond donors (Lipinski definition) is 3. The maximum atomic E-state index is 16.7. The predicted molar refractivity (Wildman–Crippen MR) is 230 cm³/mol. The number of nitrogens with one attached hydrogen (secondary N) is 3. The molecule has 0 saturated carbocycles. The number of benzene rings is 3. The van der Waals surface area contributed by atoms with Crippen LogP contribution in [-0.4, -0.2) is 108 Å². The van der Waals surface area contributed by atoms with Crippen LogP contribution >= 0.6 is 0 Å². The number of rotatable bonds is 11. The fourth-order valence-electron chi connectivity index (χ4n) is 8.87. The number of nitrogens with zero attached hydrogens (tertiary/aromatic N) is 5. The molecule has 3 aromatic carbocycles. The molecule has 0 aliphatic carbocycles. The molecule has 17 heteroatoms. The molecular formula is C46H48F4N8O5. The number of aryl methyl sites for hydroxylation is 2. The molecule has 2 atom stereocenters. The minimum Gasteiger partial charge on any atom is -0.495 e. The average Bonchev–Trinajstić information content (AvgIpc) is 3.95. The Bertz CT molecular complexity index is 2640. The second-order valence-electron chi connectivity index (χ2n) is 16.6. The van der Waals surface area contributed by atoms with Crippen LogP contribution in [0.2, 0.25) is 0 Å². The van der Waals surface area contributed by atoms with Crippen molar-refractivity contribution in [1.29, 1.82) is 0 Å². The molecule has 1 unspecified atom stereocenters. The molecule has 330 valence electrons. The van der Waals surface area contributed by atoms with Crippen LogP contribution < -0.4 is 20.3 Å². The fourth-order valence-corrected chi connectivity index (χ4v) is 8.87. The number of H-pyrrole nitrogens is 1. The highest BCUT2D eigenvalue weighted by Crippen LogP contribution is 2.45. The zero-order valence-electron chi connectivity index (χ0n) is 35.4. The van der Waals surface area contributed by atoms with Crippen LogP contribution in [0.1, 0.15) is 65.2 Å². The second kappa shape index (κ2) is 17.3. The molecule has 3 N–H and O–H groups in total. The Hall–Kier alpha value is -6.65. The summed E-state index contributed by atoms with van der Waals surface area (Å²) in [4.78, 5) is 57.7. The number of imide groups is 1. The molecule has 3 aliphatic heterocycles. The van der Waals surface area contributed by atoms with Gasteiger partial charge in [-0.05, 0) is 72.2 Å². The molecule has 8 rings (SSSR count). The Morgan fingerprint density at radius 3 is 2.54 bits per heavy atom. The number of fused-ring (bicyclic) bond motifs is 1. The Labute approximate surface area is 361 Å². The molecule has 13 nitrogen and oxygen atoms in total. The van der Waals surface area contributed by atoms with Crippen LogP contribution in [0.25, 0.3) is 27.6 Å². The van der Waals surface area contributed by atoms with Gasteiger partial charge in [-0.15, -0.1) is 0 Å². The van der Waals surface area contributed by atoms with Crippen LogP contribution in [0.5, 0.6) is 5.75 Å². The molecule has 2 fully saturated rings. The smallest absolute Gasteiger partial charge is 0.272 e. The van der Waals surface area contributed by atoms with Gasteiger partial charge in [-0.2, -0.15) is 5.10 Å². The van der Waals surface area contributed by atoms with E-state index in [1.54, 1.807) is 79.4 Å². The Balaban J connectivity index is 1.06. The van der Waals surface area contributed by atoms with Crippen molar-refractivity contribution in [2.24, 2.45) is 0 Å². The van der Waals surface area contributed by atoms with Crippen molar-refractivity contribution in [2.75, 3.05) is 57.6 Å². The largest absolute Gasteiger partial charge is 0.495 e. The highest BCUT2D eigenvalue weighted by atomic mass is 19.3. The van der Waals surface area contributed by atoms with Gasteiger partial charge in [0.25, 0.3) is 11.8 Å². The number of ether oxygens (including phenoxy) is 1. The summed E-state index contributed by atoms with van der Waals surface area (Å²) >= 11 is 0. The van der Waals surface area contributed by atoms with Gasteiger partial charge in [0, 0.05) is 88.6 Å². The maximum Gasteiger partial charge on any atom is 0.272 e. The summed E-state index contributed by atoms with van der Waals surface area (Å²) in [5, 5.41) is 9.76. The molecule has 0 radical (unpaired) electrons. The number of aromatic amines is 1. The molecule has 3 aliphatic rings. The molecule has 4 amide bonds. The van der Waals surface area contributed by atoms with Crippen molar-refractivity contribution in [3.8, 4) is 16.9 Å². The average molecular weight is 869 g/mol. The summed E-state index contributed by atoms with van der Waals surface area (Å²) in [6, 6.07) is 11.8. The van der Waals surface area contributed by atoms with Gasteiger partial charge in [0.05, 0.1) is 36.5 Å². The van der Waals surface area contributed by atoms with Crippen molar-refractivity contribution in [3.63, 3.8) is 0 Å². The third kappa shape index (κ3) is 8.60. The van der Waals surface area contributed by atoms with E-state index < -0.39 is 47.9 Å². The molecule has 2 aromatic heterocycles. The maximum absolute atomic E-state index is 16.7. The highest BCUT2D eigenvalue weighted by Gasteiger charge is 2.46. The van der Waals surface area contributed by atoms with E-state index in [-0.39, 0.29) is 84.5 Å². The zero-order valence-corrected chi connectivity index (χ0v) is 35.4. The number of halogens is 4. The first-order valence-electron chi connectivity index (χ1n) is 20.8. The Morgan fingerprint density at radius 1 is 1.03 bits per heavy atom. The van der Waals surface area contributed by atoms with Gasteiger partial charge in [0.15, 0.2) is 5.82 Å². The van der Waals surface area contributed by atoms with Crippen molar-refractivity contribution in [2.45, 2.75) is 63.5 Å². The first-order chi connectivity index (χ1) is 30.1. The normalized spacial score (nSPS) is 18.9. The van der Waals surface area contributed by atoms with Crippen molar-refractivity contribution >= 4 is 51.5 Å². The second-order valence-corrected chi connectivity index (χ2v) is 16.6. The molecular weight excluding hydrogens is 821 g/mol. The first-order valence-corrected chi connectivity index (χ1v) is 20.8. The number of carbonyl (C=O) groups excluding carboxylic acids is 4. The monoisotopic (exact) mass is 868 g/mol. The summed E-state index contributed by atoms with van der Waals surface area (Å²) < 4.78 is 72.1. The minimum atomic E-state index is -3.29. The number of piperidine rings is 2. The minimum absolute atomic E-state index is 0.00606. The lowest BCUT2D eigenvalue weighted by Crippen LogP contribution is -2.48. The van der Waals surface area contributed by atoms with Crippen LogP contribution in [0.3, 0.4) is 0 Å². The van der Waals surface area contributed by atoms with Crippen molar-refractivity contribution in [3.05, 3.63) is 101 Å². The highest BCUT2D eigenvalue weighted by molar-refractivity contribution is 6.05. The van der Waals surface area contributed by atoms with Crippen LogP contribution in [0.15, 0.2) is 67.0 Å². The Morgan fingerprint density at radius 2 is 1.84 bits per heavy atom. The lowest BCUT2D eigenvalue weighted by molar-refractivity contribution is -0.134. The van der Waals surface area contributed by atoms with Crippen LogP contribution in [0, 0.1) is 18.6 Å². The van der Waals surface area contributed by atoms with E-state index in [1.165, 1.54) is 23.0 Å². The van der Waals surface area contributed by atoms with Crippen molar-refractivity contribution in [1.82, 2.24) is 29.9 Å². The predicted octanol–water partition coefficient (Wildman–Crippen LogP) is 6.88. The van der Waals surface area contributed by atoms with Crippen LogP contribution in [-0.2, 0) is 20.9 Å². The van der Waals surface area contributed by atoms with Gasteiger partial charge >= 0.3 is 0 Å². The van der Waals surface area contributed by atoms with Gasteiger partial charge in [-0.3, -0.25) is 29.2 Å². The lowest BCUT2D eigenvalue weighted by atomic mass is 9.83. The van der Waals surface area contributed by atoms with E-state index in [0.717, 1.165) is 6.07 Å². The van der Waals surface area contributed by atoms with Gasteiger partial charge in [0.1, 0.15) is 23.3 Å². The molecule has 2 saturated heterocycles. The van der Waals surface area contributed by atoms with E-state index in [0.29, 0.717) is 52.7 Å². The van der Waals surface area contributed by atoms with E-state index in [4.69, 9.17) is 4.74 Å². The van der Waals surface area contributed by atoms with Crippen LogP contribution in [0.4, 0.5) is 28.9 Å². The lowest BCUT2D eigenvalue weighted by Gasteiger charge is -2.40. The van der Waals surface area contributed by atoms with Gasteiger partial charge in [-0.25, -0.2) is 17.6 Å². The van der Waals surface area contributed by atoms with Gasteiger partial charge < -0.3 is 29.7 Å². The van der Waals surface area contributed by atoms with Crippen molar-refractivity contribution < 1.29 is 41.5 Å². The molecule has 5 heterocycles. The van der Waals surface area contributed by atoms with E-state index >= 15 is 17.6 Å². The number of hydrogen-bond acceptors (Lipinski definition) is 8. The van der Waals surface area contributed by atoms with Gasteiger partial charge in [0.2, 0.25) is 17.7 Å². The summed E-state index contributed by atoms with van der Waals surface area (Å²) in [6.45, 7) is 2.19. The number of methoxy groups -OCH3 is 1. The molecule has 0 bridgehead atoms. The number of amides is 4. The topological polar surface area (TPSA) is 145 Å². The summed E-state index contributed by atoms with van der Waals surface area (Å²) in [5.74, 6) is -7.09. The number of alkyl halides is 2. The quantitative estimate of drug-likeness (QED) is 0.0964. The number of anilines is 2. The number of carbonyl (C=O) groups is 4. The fraction of sp³-hybridized carbons (Fsp3) is 0.370. The van der Waals surface area contributed by atoms with E-state index in [1.807, 2.05) is 6.08 Å². The molecule has 63 heavy (non-hydrogen) atoms.